The zero-order chi connectivity index (χ0) is 9.40. The van der Waals surface area contributed by atoms with Crippen LogP contribution >= 0.6 is 0 Å². The highest BCUT2D eigenvalue weighted by Crippen LogP contribution is 1.97. The summed E-state index contributed by atoms with van der Waals surface area (Å²) in [6.07, 6.45) is 5.22. The number of esters is 1. The normalized spacial score (nSPS) is 13.2. The molecule has 1 atom stereocenters. The molecule has 0 aliphatic carbocycles. The fourth-order valence-electron chi connectivity index (χ4n) is 0.718. The van der Waals surface area contributed by atoms with Crippen molar-refractivity contribution in [2.24, 2.45) is 0 Å². The second-order valence-electron chi connectivity index (χ2n) is 2.68. The van der Waals surface area contributed by atoms with E-state index in [9.17, 15) is 4.79 Å². The fourth-order valence-corrected chi connectivity index (χ4v) is 0.718. The molecule has 12 heavy (non-hydrogen) atoms. The van der Waals surface area contributed by atoms with E-state index < -0.39 is 0 Å². The summed E-state index contributed by atoms with van der Waals surface area (Å²) in [6, 6.07) is 0. The Balaban J connectivity index is 3.31. The van der Waals surface area contributed by atoms with Crippen LogP contribution in [-0.4, -0.2) is 24.3 Å². The number of carbonyl (C=O) groups is 1. The molecule has 3 heteroatoms. The molecule has 0 unspecified atom stereocenters. The van der Waals surface area contributed by atoms with Gasteiger partial charge in [0.2, 0.25) is 0 Å². The number of carbonyl (C=O) groups excluding carboxylic acids is 1. The van der Waals surface area contributed by atoms with Crippen LogP contribution < -0.4 is 0 Å². The van der Waals surface area contributed by atoms with Gasteiger partial charge in [0.25, 0.3) is 0 Å². The van der Waals surface area contributed by atoms with Gasteiger partial charge in [-0.25, -0.2) is 0 Å². The number of allylic oxidation sites excluding steroid dienone is 1. The lowest BCUT2D eigenvalue weighted by Crippen LogP contribution is -1.98. The molecule has 0 heterocycles. The molecule has 1 N–H and O–H groups in total. The minimum absolute atomic E-state index is 0.233. The van der Waals surface area contributed by atoms with Crippen molar-refractivity contribution in [3.8, 4) is 0 Å². The lowest BCUT2D eigenvalue weighted by Gasteiger charge is -1.98. The average Bonchev–Trinajstić information content (AvgIpc) is 2.03. The van der Waals surface area contributed by atoms with Gasteiger partial charge in [-0.05, 0) is 19.8 Å². The van der Waals surface area contributed by atoms with Gasteiger partial charge in [-0.2, -0.15) is 0 Å². The summed E-state index contributed by atoms with van der Waals surface area (Å²) in [5, 5.41) is 8.88. The molecule has 0 aliphatic heterocycles. The average molecular weight is 172 g/mol. The highest BCUT2D eigenvalue weighted by atomic mass is 16.5. The lowest BCUT2D eigenvalue weighted by atomic mass is 10.2. The molecule has 3 nitrogen and oxygen atoms in total. The summed E-state index contributed by atoms with van der Waals surface area (Å²) in [7, 11) is 1.37. The Labute approximate surface area is 73.0 Å². The van der Waals surface area contributed by atoms with Crippen molar-refractivity contribution in [1.29, 1.82) is 0 Å². The van der Waals surface area contributed by atoms with Gasteiger partial charge in [0.05, 0.1) is 19.6 Å². The molecule has 0 fully saturated rings. The minimum Gasteiger partial charge on any atom is -0.469 e. The van der Waals surface area contributed by atoms with E-state index in [1.165, 1.54) is 7.11 Å². The molecule has 0 aromatic carbocycles. The number of hydrogen-bond acceptors (Lipinski definition) is 3. The van der Waals surface area contributed by atoms with Crippen LogP contribution in [0.1, 0.15) is 26.2 Å². The van der Waals surface area contributed by atoms with Crippen LogP contribution in [0.2, 0.25) is 0 Å². The first-order chi connectivity index (χ1) is 5.66. The summed E-state index contributed by atoms with van der Waals surface area (Å²) in [5.41, 5.74) is 0. The summed E-state index contributed by atoms with van der Waals surface area (Å²) >= 11 is 0. The molecule has 0 saturated heterocycles. The first kappa shape index (κ1) is 11.2. The number of ether oxygens (including phenoxy) is 1. The van der Waals surface area contributed by atoms with Crippen LogP contribution in [0.15, 0.2) is 12.2 Å². The quantitative estimate of drug-likeness (QED) is 0.501. The molecule has 0 radical (unpaired) electrons. The Hall–Kier alpha value is -0.830. The van der Waals surface area contributed by atoms with E-state index in [1.54, 1.807) is 13.0 Å². The van der Waals surface area contributed by atoms with Crippen molar-refractivity contribution in [3.63, 3.8) is 0 Å². The zero-order valence-electron chi connectivity index (χ0n) is 7.62. The van der Waals surface area contributed by atoms with E-state index in [2.05, 4.69) is 4.74 Å². The lowest BCUT2D eigenvalue weighted by molar-refractivity contribution is -0.139. The molecule has 0 amide bonds. The van der Waals surface area contributed by atoms with Crippen LogP contribution in [0.25, 0.3) is 0 Å². The summed E-state index contributed by atoms with van der Waals surface area (Å²) in [4.78, 5) is 10.6. The summed E-state index contributed by atoms with van der Waals surface area (Å²) in [6.45, 7) is 1.74. The van der Waals surface area contributed by atoms with Gasteiger partial charge < -0.3 is 9.84 Å². The zero-order valence-corrected chi connectivity index (χ0v) is 7.62. The second-order valence-corrected chi connectivity index (χ2v) is 2.68. The molecule has 0 aromatic heterocycles. The van der Waals surface area contributed by atoms with Crippen molar-refractivity contribution in [1.82, 2.24) is 0 Å². The SMILES string of the molecule is COC(=O)C/C=C/CC[C@@H](C)O. The monoisotopic (exact) mass is 172 g/mol. The van der Waals surface area contributed by atoms with Crippen LogP contribution in [-0.2, 0) is 9.53 Å². The van der Waals surface area contributed by atoms with Gasteiger partial charge in [0.1, 0.15) is 0 Å². The van der Waals surface area contributed by atoms with Crippen molar-refractivity contribution in [2.45, 2.75) is 32.3 Å². The second kappa shape index (κ2) is 6.85. The Morgan fingerprint density at radius 3 is 2.75 bits per heavy atom. The summed E-state index contributed by atoms with van der Waals surface area (Å²) < 4.78 is 4.44. The predicted octanol–water partition coefficient (Wildman–Crippen LogP) is 1.27. The number of rotatable bonds is 5. The Morgan fingerprint density at radius 2 is 2.25 bits per heavy atom. The molecule has 0 aromatic rings. The maximum absolute atomic E-state index is 10.6. The fraction of sp³-hybridized carbons (Fsp3) is 0.667. The van der Waals surface area contributed by atoms with Crippen molar-refractivity contribution in [2.75, 3.05) is 7.11 Å². The topological polar surface area (TPSA) is 46.5 Å². The van der Waals surface area contributed by atoms with E-state index in [0.717, 1.165) is 12.8 Å². The molecule has 0 rings (SSSR count). The smallest absolute Gasteiger partial charge is 0.309 e. The van der Waals surface area contributed by atoms with E-state index in [4.69, 9.17) is 5.11 Å². The van der Waals surface area contributed by atoms with Crippen LogP contribution in [0.4, 0.5) is 0 Å². The molecular weight excluding hydrogens is 156 g/mol. The maximum Gasteiger partial charge on any atom is 0.309 e. The molecule has 0 saturated carbocycles. The van der Waals surface area contributed by atoms with E-state index in [1.807, 2.05) is 6.08 Å². The highest BCUT2D eigenvalue weighted by molar-refractivity contribution is 5.70. The highest BCUT2D eigenvalue weighted by Gasteiger charge is 1.94. The standard InChI is InChI=1S/C9H16O3/c1-8(10)6-4-3-5-7-9(11)12-2/h3,5,8,10H,4,6-7H2,1-2H3/b5-3+/t8-/m1/s1. The van der Waals surface area contributed by atoms with E-state index in [-0.39, 0.29) is 12.1 Å². The third-order valence-electron chi connectivity index (χ3n) is 1.43. The number of hydrogen-bond donors (Lipinski definition) is 1. The largest absolute Gasteiger partial charge is 0.469 e. The third kappa shape index (κ3) is 7.28. The minimum atomic E-state index is -0.271. The van der Waals surface area contributed by atoms with E-state index >= 15 is 0 Å². The van der Waals surface area contributed by atoms with Crippen LogP contribution in [0, 0.1) is 0 Å². The third-order valence-corrected chi connectivity index (χ3v) is 1.43. The first-order valence-electron chi connectivity index (χ1n) is 4.06. The van der Waals surface area contributed by atoms with Gasteiger partial charge >= 0.3 is 5.97 Å². The van der Waals surface area contributed by atoms with Crippen LogP contribution in [0.3, 0.4) is 0 Å². The van der Waals surface area contributed by atoms with Crippen molar-refractivity contribution in [3.05, 3.63) is 12.2 Å². The van der Waals surface area contributed by atoms with Crippen molar-refractivity contribution < 1.29 is 14.6 Å². The van der Waals surface area contributed by atoms with Gasteiger partial charge in [-0.3, -0.25) is 4.79 Å². The number of methoxy groups -OCH3 is 1. The molecule has 0 spiro atoms. The van der Waals surface area contributed by atoms with Crippen molar-refractivity contribution >= 4 is 5.97 Å². The number of aliphatic hydroxyl groups is 1. The molecule has 70 valence electrons. The molecule has 0 aliphatic rings. The Morgan fingerprint density at radius 1 is 1.58 bits per heavy atom. The maximum atomic E-state index is 10.6. The molecular formula is C9H16O3. The van der Waals surface area contributed by atoms with Gasteiger partial charge in [-0.1, -0.05) is 12.2 Å². The van der Waals surface area contributed by atoms with Gasteiger partial charge in [0.15, 0.2) is 0 Å². The van der Waals surface area contributed by atoms with Crippen LogP contribution in [0.5, 0.6) is 0 Å². The predicted molar refractivity (Wildman–Crippen MR) is 46.7 cm³/mol. The molecule has 0 bridgehead atoms. The summed E-state index contributed by atoms with van der Waals surface area (Å²) in [5.74, 6) is -0.233. The number of aliphatic hydroxyl groups excluding tert-OH is 1. The Bertz CT molecular complexity index is 150. The van der Waals surface area contributed by atoms with E-state index in [0.29, 0.717) is 6.42 Å². The van der Waals surface area contributed by atoms with Gasteiger partial charge in [-0.15, -0.1) is 0 Å². The Kier molecular flexibility index (Phi) is 6.38. The van der Waals surface area contributed by atoms with Gasteiger partial charge in [0, 0.05) is 0 Å². The first-order valence-corrected chi connectivity index (χ1v) is 4.06.